The van der Waals surface area contributed by atoms with Gasteiger partial charge in [-0.3, -0.25) is 14.5 Å². The van der Waals surface area contributed by atoms with E-state index < -0.39 is 0 Å². The molecule has 1 fully saturated rings. The summed E-state index contributed by atoms with van der Waals surface area (Å²) in [6, 6.07) is 16.2. The highest BCUT2D eigenvalue weighted by atomic mass is 79.9. The van der Waals surface area contributed by atoms with Crippen molar-refractivity contribution >= 4 is 49.9 Å². The van der Waals surface area contributed by atoms with E-state index in [2.05, 4.69) is 33.1 Å². The van der Waals surface area contributed by atoms with Gasteiger partial charge in [-0.05, 0) is 101 Å². The molecule has 0 spiro atoms. The third kappa shape index (κ3) is 8.01. The summed E-state index contributed by atoms with van der Waals surface area (Å²) in [5.41, 5.74) is 9.59. The van der Waals surface area contributed by atoms with Gasteiger partial charge in [0, 0.05) is 48.3 Å². The van der Waals surface area contributed by atoms with Crippen molar-refractivity contribution in [3.63, 3.8) is 0 Å². The molecule has 220 valence electrons. The molecule has 0 atom stereocenters. The third-order valence-corrected chi connectivity index (χ3v) is 8.82. The molecule has 41 heavy (non-hydrogen) atoms. The lowest BCUT2D eigenvalue weighted by Crippen LogP contribution is -2.36. The largest absolute Gasteiger partial charge is 0.497 e. The lowest BCUT2D eigenvalue weighted by molar-refractivity contribution is -0.116. The van der Waals surface area contributed by atoms with E-state index in [0.29, 0.717) is 30.4 Å². The number of carbonyl (C=O) groups excluding carboxylic acids is 2. The van der Waals surface area contributed by atoms with Gasteiger partial charge in [0.2, 0.25) is 5.91 Å². The van der Waals surface area contributed by atoms with Crippen molar-refractivity contribution in [1.29, 1.82) is 0 Å². The van der Waals surface area contributed by atoms with Crippen LogP contribution in [0.5, 0.6) is 5.75 Å². The van der Waals surface area contributed by atoms with Crippen molar-refractivity contribution in [2.75, 3.05) is 37.4 Å². The fourth-order valence-corrected chi connectivity index (χ4v) is 6.28. The standard InChI is InChI=1S/C33H43BrN4O3/c1-4-37(28-10-6-5-7-11-28)22-27-18-26(21-31(34)32(27)35)33(40)36-16-8-9-17-38(23(2)39)29-14-12-25-20-30(41-3)15-13-24(25)19-29/h12-15,18-21,28H,4-11,16-17,22,35H2,1-3H3,(H,36,40). The number of carbonyl (C=O) groups is 2. The van der Waals surface area contributed by atoms with Crippen LogP contribution in [0.3, 0.4) is 0 Å². The number of nitrogen functional groups attached to an aromatic ring is 1. The molecular weight excluding hydrogens is 580 g/mol. The minimum Gasteiger partial charge on any atom is -0.497 e. The summed E-state index contributed by atoms with van der Waals surface area (Å²) in [7, 11) is 1.65. The van der Waals surface area contributed by atoms with Gasteiger partial charge < -0.3 is 20.7 Å². The van der Waals surface area contributed by atoms with E-state index in [9.17, 15) is 9.59 Å². The maximum absolute atomic E-state index is 13.1. The number of hydrogen-bond donors (Lipinski definition) is 2. The molecule has 0 unspecified atom stereocenters. The summed E-state index contributed by atoms with van der Waals surface area (Å²) in [6.07, 6.45) is 7.87. The van der Waals surface area contributed by atoms with Crippen LogP contribution in [0.1, 0.15) is 74.7 Å². The number of nitrogens with one attached hydrogen (secondary N) is 1. The lowest BCUT2D eigenvalue weighted by Gasteiger charge is -2.34. The molecule has 4 rings (SSSR count). The van der Waals surface area contributed by atoms with Gasteiger partial charge in [0.1, 0.15) is 5.75 Å². The van der Waals surface area contributed by atoms with E-state index >= 15 is 0 Å². The Morgan fingerprint density at radius 2 is 1.76 bits per heavy atom. The van der Waals surface area contributed by atoms with Crippen LogP contribution >= 0.6 is 15.9 Å². The van der Waals surface area contributed by atoms with E-state index in [1.54, 1.807) is 25.0 Å². The van der Waals surface area contributed by atoms with Gasteiger partial charge in [-0.15, -0.1) is 0 Å². The lowest BCUT2D eigenvalue weighted by atomic mass is 9.93. The second-order valence-corrected chi connectivity index (χ2v) is 11.8. The van der Waals surface area contributed by atoms with E-state index in [0.717, 1.165) is 58.2 Å². The topological polar surface area (TPSA) is 87.9 Å². The van der Waals surface area contributed by atoms with Crippen molar-refractivity contribution in [3.05, 3.63) is 64.1 Å². The van der Waals surface area contributed by atoms with Crippen LogP contribution in [0.4, 0.5) is 11.4 Å². The molecule has 0 radical (unpaired) electrons. The molecule has 3 N–H and O–H groups in total. The smallest absolute Gasteiger partial charge is 0.251 e. The summed E-state index contributed by atoms with van der Waals surface area (Å²) in [6.45, 7) is 6.60. The normalized spacial score (nSPS) is 13.9. The molecule has 3 aromatic rings. The fourth-order valence-electron chi connectivity index (χ4n) is 5.77. The molecule has 0 aromatic heterocycles. The molecule has 2 amide bonds. The molecule has 7 nitrogen and oxygen atoms in total. The SMILES string of the molecule is CCN(Cc1cc(C(=O)NCCCCN(C(C)=O)c2ccc3cc(OC)ccc3c2)cc(Br)c1N)C1CCCCC1. The summed E-state index contributed by atoms with van der Waals surface area (Å²) < 4.78 is 6.07. The molecular formula is C33H43BrN4O3. The predicted molar refractivity (Wildman–Crippen MR) is 172 cm³/mol. The number of fused-ring (bicyclic) bond motifs is 1. The van der Waals surface area contributed by atoms with Crippen molar-refractivity contribution in [2.24, 2.45) is 0 Å². The summed E-state index contributed by atoms with van der Waals surface area (Å²) in [4.78, 5) is 29.8. The summed E-state index contributed by atoms with van der Waals surface area (Å²) in [5, 5.41) is 5.17. The average Bonchev–Trinajstić information content (AvgIpc) is 2.99. The van der Waals surface area contributed by atoms with Crippen molar-refractivity contribution in [1.82, 2.24) is 10.2 Å². The second kappa shape index (κ2) is 14.7. The average molecular weight is 624 g/mol. The molecule has 0 bridgehead atoms. The maximum Gasteiger partial charge on any atom is 0.251 e. The number of anilines is 2. The predicted octanol–water partition coefficient (Wildman–Crippen LogP) is 6.91. The van der Waals surface area contributed by atoms with Crippen molar-refractivity contribution < 1.29 is 14.3 Å². The van der Waals surface area contributed by atoms with Gasteiger partial charge in [0.25, 0.3) is 5.91 Å². The highest BCUT2D eigenvalue weighted by Crippen LogP contribution is 2.30. The van der Waals surface area contributed by atoms with Gasteiger partial charge in [0.05, 0.1) is 12.8 Å². The van der Waals surface area contributed by atoms with Crippen LogP contribution in [0.25, 0.3) is 10.8 Å². The molecule has 0 aliphatic heterocycles. The molecule has 1 aliphatic carbocycles. The number of rotatable bonds is 12. The van der Waals surface area contributed by atoms with Crippen LogP contribution in [0.15, 0.2) is 53.0 Å². The molecule has 8 heteroatoms. The first-order valence-corrected chi connectivity index (χ1v) is 15.6. The Hall–Kier alpha value is -3.10. The molecule has 0 saturated heterocycles. The van der Waals surface area contributed by atoms with Crippen molar-refractivity contribution in [3.8, 4) is 5.75 Å². The number of nitrogens with zero attached hydrogens (tertiary/aromatic N) is 2. The van der Waals surface area contributed by atoms with Gasteiger partial charge in [-0.1, -0.05) is 38.3 Å². The molecule has 1 saturated carbocycles. The quantitative estimate of drug-likeness (QED) is 0.169. The first-order valence-electron chi connectivity index (χ1n) is 14.8. The minimum absolute atomic E-state index is 0.00417. The van der Waals surface area contributed by atoms with Gasteiger partial charge >= 0.3 is 0 Å². The Balaban J connectivity index is 1.32. The zero-order valence-corrected chi connectivity index (χ0v) is 26.1. The van der Waals surface area contributed by atoms with E-state index in [1.165, 1.54) is 32.1 Å². The van der Waals surface area contributed by atoms with Crippen LogP contribution in [-0.4, -0.2) is 49.5 Å². The first kappa shape index (κ1) is 30.8. The van der Waals surface area contributed by atoms with Gasteiger partial charge in [0.15, 0.2) is 0 Å². The Kier molecular flexibility index (Phi) is 11.1. The van der Waals surface area contributed by atoms with E-state index in [4.69, 9.17) is 10.5 Å². The Labute approximate surface area is 252 Å². The zero-order valence-electron chi connectivity index (χ0n) is 24.5. The number of unbranched alkanes of at least 4 members (excludes halogenated alkanes) is 1. The van der Waals surface area contributed by atoms with Crippen LogP contribution in [0, 0.1) is 0 Å². The molecule has 0 heterocycles. The summed E-state index contributed by atoms with van der Waals surface area (Å²) in [5.74, 6) is 0.692. The highest BCUT2D eigenvalue weighted by molar-refractivity contribution is 9.10. The second-order valence-electron chi connectivity index (χ2n) is 10.9. The minimum atomic E-state index is -0.110. The fraction of sp³-hybridized carbons (Fsp3) is 0.455. The van der Waals surface area contributed by atoms with Crippen LogP contribution in [0.2, 0.25) is 0 Å². The van der Waals surface area contributed by atoms with Crippen molar-refractivity contribution in [2.45, 2.75) is 71.4 Å². The maximum atomic E-state index is 13.1. The zero-order chi connectivity index (χ0) is 29.4. The monoisotopic (exact) mass is 622 g/mol. The van der Waals surface area contributed by atoms with E-state index in [1.807, 2.05) is 42.5 Å². The highest BCUT2D eigenvalue weighted by Gasteiger charge is 2.22. The number of methoxy groups -OCH3 is 1. The summed E-state index contributed by atoms with van der Waals surface area (Å²) >= 11 is 3.57. The van der Waals surface area contributed by atoms with Gasteiger partial charge in [-0.25, -0.2) is 0 Å². The third-order valence-electron chi connectivity index (χ3n) is 8.16. The number of halogens is 1. The Morgan fingerprint density at radius 3 is 2.46 bits per heavy atom. The van der Waals surface area contributed by atoms with Crippen LogP contribution in [-0.2, 0) is 11.3 Å². The molecule has 1 aliphatic rings. The van der Waals surface area contributed by atoms with E-state index in [-0.39, 0.29) is 11.8 Å². The number of amides is 2. The number of hydrogen-bond acceptors (Lipinski definition) is 5. The number of ether oxygens (including phenoxy) is 1. The van der Waals surface area contributed by atoms with Gasteiger partial charge in [-0.2, -0.15) is 0 Å². The molecule has 3 aromatic carbocycles. The first-order chi connectivity index (χ1) is 19.8. The Bertz CT molecular complexity index is 1360. The number of benzene rings is 3. The Morgan fingerprint density at radius 1 is 1.02 bits per heavy atom. The number of nitrogens with two attached hydrogens (primary N) is 1. The van der Waals surface area contributed by atoms with Crippen LogP contribution < -0.4 is 20.7 Å².